The summed E-state index contributed by atoms with van der Waals surface area (Å²) >= 11 is 5.76. The van der Waals surface area contributed by atoms with Crippen LogP contribution in [0.25, 0.3) is 0 Å². The Hall–Kier alpha value is -1.88. The number of rotatable bonds is 3. The van der Waals surface area contributed by atoms with E-state index in [4.69, 9.17) is 16.3 Å². The summed E-state index contributed by atoms with van der Waals surface area (Å²) in [6, 6.07) is 3.32. The molecule has 88 valence electrons. The van der Waals surface area contributed by atoms with E-state index in [1.807, 2.05) is 6.92 Å². The lowest BCUT2D eigenvalue weighted by molar-refractivity contribution is 0.0465. The standard InChI is InChI=1S/C11H10ClN3O2/c1-7-2-10(15-14-7)11(16)17-6-8-3-9(12)5-13-4-8/h2-5H,6H2,1H3,(H,14,15). The first-order valence-electron chi connectivity index (χ1n) is 4.94. The first kappa shape index (κ1) is 11.6. The van der Waals surface area contributed by atoms with Gasteiger partial charge in [-0.3, -0.25) is 10.1 Å². The van der Waals surface area contributed by atoms with Crippen LogP contribution in [0.1, 0.15) is 21.7 Å². The van der Waals surface area contributed by atoms with E-state index < -0.39 is 5.97 Å². The Morgan fingerprint density at radius 2 is 2.29 bits per heavy atom. The molecule has 2 rings (SSSR count). The number of nitrogens with zero attached hydrogens (tertiary/aromatic N) is 2. The van der Waals surface area contributed by atoms with Crippen molar-refractivity contribution in [3.63, 3.8) is 0 Å². The van der Waals surface area contributed by atoms with Gasteiger partial charge in [-0.2, -0.15) is 5.10 Å². The van der Waals surface area contributed by atoms with Gasteiger partial charge >= 0.3 is 5.97 Å². The summed E-state index contributed by atoms with van der Waals surface area (Å²) in [6.45, 7) is 1.93. The molecule has 0 saturated heterocycles. The Balaban J connectivity index is 1.97. The third kappa shape index (κ3) is 3.04. The summed E-state index contributed by atoms with van der Waals surface area (Å²) in [5, 5.41) is 6.99. The molecule has 0 bridgehead atoms. The number of pyridine rings is 1. The Bertz CT molecular complexity index is 539. The number of H-pyrrole nitrogens is 1. The molecule has 0 atom stereocenters. The van der Waals surface area contributed by atoms with Crippen LogP contribution < -0.4 is 0 Å². The average Bonchev–Trinajstić information content (AvgIpc) is 2.73. The minimum Gasteiger partial charge on any atom is -0.456 e. The third-order valence-electron chi connectivity index (χ3n) is 2.05. The predicted molar refractivity (Wildman–Crippen MR) is 61.7 cm³/mol. The van der Waals surface area contributed by atoms with Crippen molar-refractivity contribution >= 4 is 17.6 Å². The van der Waals surface area contributed by atoms with Crippen molar-refractivity contribution in [1.82, 2.24) is 15.2 Å². The van der Waals surface area contributed by atoms with E-state index in [2.05, 4.69) is 15.2 Å². The largest absolute Gasteiger partial charge is 0.456 e. The van der Waals surface area contributed by atoms with Gasteiger partial charge in [0, 0.05) is 23.7 Å². The quantitative estimate of drug-likeness (QED) is 0.849. The number of nitrogens with one attached hydrogen (secondary N) is 1. The maximum absolute atomic E-state index is 11.6. The monoisotopic (exact) mass is 251 g/mol. The summed E-state index contributed by atoms with van der Waals surface area (Å²) in [4.78, 5) is 15.5. The van der Waals surface area contributed by atoms with E-state index in [9.17, 15) is 4.79 Å². The highest BCUT2D eigenvalue weighted by Gasteiger charge is 2.10. The number of hydrogen-bond acceptors (Lipinski definition) is 4. The van der Waals surface area contributed by atoms with Gasteiger partial charge in [0.2, 0.25) is 0 Å². The number of esters is 1. The lowest BCUT2D eigenvalue weighted by Gasteiger charge is -2.02. The molecule has 0 amide bonds. The molecule has 0 aliphatic heterocycles. The zero-order chi connectivity index (χ0) is 12.3. The van der Waals surface area contributed by atoms with Gasteiger partial charge in [0.25, 0.3) is 0 Å². The van der Waals surface area contributed by atoms with E-state index in [1.165, 1.54) is 6.20 Å². The van der Waals surface area contributed by atoms with Crippen molar-refractivity contribution in [3.05, 3.63) is 46.5 Å². The zero-order valence-corrected chi connectivity index (χ0v) is 9.86. The van der Waals surface area contributed by atoms with Gasteiger partial charge in [-0.25, -0.2) is 4.79 Å². The van der Waals surface area contributed by atoms with Crippen LogP contribution >= 0.6 is 11.6 Å². The Labute approximate surface area is 103 Å². The van der Waals surface area contributed by atoms with E-state index >= 15 is 0 Å². The van der Waals surface area contributed by atoms with Crippen molar-refractivity contribution < 1.29 is 9.53 Å². The number of carbonyl (C=O) groups is 1. The molecule has 0 aliphatic carbocycles. The molecule has 0 aliphatic rings. The van der Waals surface area contributed by atoms with E-state index in [-0.39, 0.29) is 12.3 Å². The fourth-order valence-corrected chi connectivity index (χ4v) is 1.48. The van der Waals surface area contributed by atoms with Gasteiger partial charge in [-0.05, 0) is 19.1 Å². The number of aryl methyl sites for hydroxylation is 1. The molecule has 2 aromatic heterocycles. The summed E-state index contributed by atoms with van der Waals surface area (Å²) in [5.74, 6) is -0.477. The van der Waals surface area contributed by atoms with Gasteiger partial charge in [-0.15, -0.1) is 0 Å². The van der Waals surface area contributed by atoms with Gasteiger partial charge in [-0.1, -0.05) is 11.6 Å². The normalized spacial score (nSPS) is 10.2. The second-order valence-corrected chi connectivity index (χ2v) is 3.96. The van der Waals surface area contributed by atoms with Gasteiger partial charge in [0.1, 0.15) is 6.61 Å². The van der Waals surface area contributed by atoms with Crippen LogP contribution in [0.4, 0.5) is 0 Å². The molecular weight excluding hydrogens is 242 g/mol. The van der Waals surface area contributed by atoms with Crippen LogP contribution in [-0.2, 0) is 11.3 Å². The topological polar surface area (TPSA) is 67.9 Å². The molecule has 0 spiro atoms. The van der Waals surface area contributed by atoms with Crippen molar-refractivity contribution in [1.29, 1.82) is 0 Å². The molecule has 1 N–H and O–H groups in total. The number of ether oxygens (including phenoxy) is 1. The Morgan fingerprint density at radius 1 is 1.47 bits per heavy atom. The van der Waals surface area contributed by atoms with Crippen LogP contribution in [-0.4, -0.2) is 21.2 Å². The molecule has 2 aromatic rings. The maximum Gasteiger partial charge on any atom is 0.359 e. The second kappa shape index (κ2) is 4.97. The van der Waals surface area contributed by atoms with Gasteiger partial charge in [0.15, 0.2) is 5.69 Å². The van der Waals surface area contributed by atoms with Crippen molar-refractivity contribution in [3.8, 4) is 0 Å². The fourth-order valence-electron chi connectivity index (χ4n) is 1.28. The van der Waals surface area contributed by atoms with Crippen LogP contribution in [0, 0.1) is 6.92 Å². The summed E-state index contributed by atoms with van der Waals surface area (Å²) in [6.07, 6.45) is 3.11. The molecule has 2 heterocycles. The molecule has 0 aromatic carbocycles. The highest BCUT2D eigenvalue weighted by Crippen LogP contribution is 2.10. The molecule has 0 radical (unpaired) electrons. The zero-order valence-electron chi connectivity index (χ0n) is 9.11. The minimum absolute atomic E-state index is 0.123. The highest BCUT2D eigenvalue weighted by molar-refractivity contribution is 6.30. The predicted octanol–water partition coefficient (Wildman–Crippen LogP) is 2.12. The molecule has 0 saturated carbocycles. The first-order chi connectivity index (χ1) is 8.15. The molecule has 6 heteroatoms. The van der Waals surface area contributed by atoms with E-state index in [0.29, 0.717) is 5.02 Å². The summed E-state index contributed by atoms with van der Waals surface area (Å²) in [5.41, 5.74) is 1.80. The van der Waals surface area contributed by atoms with E-state index in [0.717, 1.165) is 11.3 Å². The van der Waals surface area contributed by atoms with Crippen molar-refractivity contribution in [2.75, 3.05) is 0 Å². The maximum atomic E-state index is 11.6. The van der Waals surface area contributed by atoms with Crippen LogP contribution in [0.2, 0.25) is 5.02 Å². The van der Waals surface area contributed by atoms with Gasteiger partial charge < -0.3 is 4.74 Å². The molecule has 17 heavy (non-hydrogen) atoms. The fraction of sp³-hybridized carbons (Fsp3) is 0.182. The third-order valence-corrected chi connectivity index (χ3v) is 2.25. The SMILES string of the molecule is Cc1cc(C(=O)OCc2cncc(Cl)c2)n[nH]1. The lowest BCUT2D eigenvalue weighted by Crippen LogP contribution is -2.05. The van der Waals surface area contributed by atoms with Gasteiger partial charge in [0.05, 0.1) is 5.02 Å². The number of halogens is 1. The number of hydrogen-bond donors (Lipinski definition) is 1. The highest BCUT2D eigenvalue weighted by atomic mass is 35.5. The number of aromatic amines is 1. The molecular formula is C11H10ClN3O2. The average molecular weight is 252 g/mol. The van der Waals surface area contributed by atoms with Crippen LogP contribution in [0.3, 0.4) is 0 Å². The van der Waals surface area contributed by atoms with Crippen molar-refractivity contribution in [2.45, 2.75) is 13.5 Å². The smallest absolute Gasteiger partial charge is 0.359 e. The van der Waals surface area contributed by atoms with Crippen molar-refractivity contribution in [2.24, 2.45) is 0 Å². The summed E-state index contributed by atoms with van der Waals surface area (Å²) < 4.78 is 5.06. The Morgan fingerprint density at radius 3 is 2.94 bits per heavy atom. The summed E-state index contributed by atoms with van der Waals surface area (Å²) in [7, 11) is 0. The van der Waals surface area contributed by atoms with Crippen LogP contribution in [0.15, 0.2) is 24.5 Å². The number of aromatic nitrogens is 3. The molecule has 0 unspecified atom stereocenters. The first-order valence-corrected chi connectivity index (χ1v) is 5.31. The van der Waals surface area contributed by atoms with E-state index in [1.54, 1.807) is 18.3 Å². The molecule has 5 nitrogen and oxygen atoms in total. The number of carbonyl (C=O) groups excluding carboxylic acids is 1. The second-order valence-electron chi connectivity index (χ2n) is 3.52. The Kier molecular flexibility index (Phi) is 3.39. The van der Waals surface area contributed by atoms with Crippen LogP contribution in [0.5, 0.6) is 0 Å². The molecule has 0 fully saturated rings. The lowest BCUT2D eigenvalue weighted by atomic mass is 10.3. The minimum atomic E-state index is -0.477.